The van der Waals surface area contributed by atoms with Crippen molar-refractivity contribution in [1.82, 2.24) is 39.9 Å². The second kappa shape index (κ2) is 21.3. The predicted molar refractivity (Wildman–Crippen MR) is 387 cm³/mol. The molecule has 0 unspecified atom stereocenters. The summed E-state index contributed by atoms with van der Waals surface area (Å²) >= 11 is 1.80. The Kier molecular flexibility index (Phi) is 11.9. The first kappa shape index (κ1) is 53.7. The van der Waals surface area contributed by atoms with Crippen LogP contribution in [-0.4, -0.2) is 39.9 Å². The largest absolute Gasteiger partial charge is 0.455 e. The van der Waals surface area contributed by atoms with Crippen LogP contribution in [0.4, 0.5) is 0 Å². The highest BCUT2D eigenvalue weighted by molar-refractivity contribution is 7.26. The molecule has 11 nitrogen and oxygen atoms in total. The highest BCUT2D eigenvalue weighted by Gasteiger charge is 2.27. The van der Waals surface area contributed by atoms with Gasteiger partial charge in [0, 0.05) is 127 Å². The van der Waals surface area contributed by atoms with Crippen molar-refractivity contribution in [2.24, 2.45) is 0 Å². The highest BCUT2D eigenvalue weighted by atomic mass is 32.1. The van der Waals surface area contributed by atoms with E-state index < -0.39 is 0 Å². The number of furan rings is 3. The molecule has 0 saturated carbocycles. The maximum atomic E-state index is 7.13. The van der Waals surface area contributed by atoms with Crippen LogP contribution >= 0.6 is 11.3 Å². The third-order valence-electron chi connectivity index (χ3n) is 18.6. The van der Waals surface area contributed by atoms with E-state index in [1.807, 2.05) is 140 Å². The fraction of sp³-hybridized carbons (Fsp3) is 0. The quantitative estimate of drug-likeness (QED) is 0.136. The lowest BCUT2D eigenvalue weighted by molar-refractivity contribution is 0.669. The van der Waals surface area contributed by atoms with Crippen molar-refractivity contribution >= 4 is 119 Å². The molecule has 0 radical (unpaired) electrons. The normalized spacial score (nSPS) is 12.0. The zero-order valence-corrected chi connectivity index (χ0v) is 51.6. The van der Waals surface area contributed by atoms with Gasteiger partial charge in [-0.05, 0) is 93.0 Å². The van der Waals surface area contributed by atoms with Crippen molar-refractivity contribution in [2.75, 3.05) is 0 Å². The van der Waals surface area contributed by atoms with Crippen molar-refractivity contribution < 1.29 is 13.3 Å². The third kappa shape index (κ3) is 8.52. The van der Waals surface area contributed by atoms with E-state index in [2.05, 4.69) is 138 Å². The smallest absolute Gasteiger partial charge is 0.164 e. The summed E-state index contributed by atoms with van der Waals surface area (Å²) in [5.74, 6) is 3.22. The lowest BCUT2D eigenvalue weighted by atomic mass is 9.93. The topological polar surface area (TPSA) is 143 Å². The maximum Gasteiger partial charge on any atom is 0.164 e. The third-order valence-corrected chi connectivity index (χ3v) is 19.7. The Bertz CT molecular complexity index is 6540. The summed E-state index contributed by atoms with van der Waals surface area (Å²) < 4.78 is 23.1. The Hall–Kier alpha value is -12.9. The molecule has 0 saturated heterocycles. The van der Waals surface area contributed by atoms with E-state index in [4.69, 9.17) is 48.1 Å². The van der Waals surface area contributed by atoms with Gasteiger partial charge < -0.3 is 13.3 Å². The Morgan fingerprint density at radius 3 is 1.49 bits per heavy atom. The number of nitrogens with zero attached hydrogens (tertiary/aromatic N) is 8. The molecule has 0 spiro atoms. The summed E-state index contributed by atoms with van der Waals surface area (Å²) in [6, 6.07) is 87.5. The second-order valence-electron chi connectivity index (χ2n) is 24.1. The van der Waals surface area contributed by atoms with Crippen LogP contribution in [0, 0.1) is 0 Å². The van der Waals surface area contributed by atoms with Crippen LogP contribution in [0.15, 0.2) is 293 Å². The minimum atomic E-state index is 0.491. The first-order valence-electron chi connectivity index (χ1n) is 31.7. The van der Waals surface area contributed by atoms with Crippen molar-refractivity contribution in [3.05, 3.63) is 280 Å². The van der Waals surface area contributed by atoms with E-state index in [0.29, 0.717) is 57.3 Å². The number of hydrogen-bond donors (Lipinski definition) is 0. The molecule has 446 valence electrons. The summed E-state index contributed by atoms with van der Waals surface area (Å²) in [5, 5.41) is 12.3. The van der Waals surface area contributed by atoms with Crippen molar-refractivity contribution in [2.45, 2.75) is 0 Å². The molecule has 8 heterocycles. The molecule has 20 rings (SSSR count). The van der Waals surface area contributed by atoms with Gasteiger partial charge in [0.1, 0.15) is 33.5 Å². The molecule has 0 fully saturated rings. The van der Waals surface area contributed by atoms with E-state index in [0.717, 1.165) is 136 Å². The molecule has 12 aromatic carbocycles. The van der Waals surface area contributed by atoms with Gasteiger partial charge in [-0.25, -0.2) is 29.9 Å². The van der Waals surface area contributed by atoms with E-state index in [-0.39, 0.29) is 0 Å². The first-order chi connectivity index (χ1) is 47.6. The van der Waals surface area contributed by atoms with Crippen LogP contribution in [0.1, 0.15) is 0 Å². The molecule has 0 bridgehead atoms. The van der Waals surface area contributed by atoms with Gasteiger partial charge in [0.15, 0.2) is 34.9 Å². The average Bonchev–Trinajstić information content (AvgIpc) is 1.55. The van der Waals surface area contributed by atoms with E-state index >= 15 is 0 Å². The number of pyridine rings is 2. The number of rotatable bonds is 9. The first-order valence-corrected chi connectivity index (χ1v) is 32.5. The lowest BCUT2D eigenvalue weighted by Crippen LogP contribution is -2.00. The van der Waals surface area contributed by atoms with Crippen LogP contribution in [0.25, 0.3) is 209 Å². The molecule has 0 aliphatic rings. The molecule has 0 aliphatic carbocycles. The number of benzene rings is 12. The summed E-state index contributed by atoms with van der Waals surface area (Å²) in [5.41, 5.74) is 15.2. The van der Waals surface area contributed by atoms with Gasteiger partial charge >= 0.3 is 0 Å². The average molecular weight is 1250 g/mol. The molecular weight excluding hydrogens is 1200 g/mol. The van der Waals surface area contributed by atoms with Gasteiger partial charge in [0.25, 0.3) is 0 Å². The summed E-state index contributed by atoms with van der Waals surface area (Å²) in [6.07, 6.45) is 7.47. The molecule has 0 atom stereocenters. The zero-order valence-electron chi connectivity index (χ0n) is 50.8. The van der Waals surface area contributed by atoms with E-state index in [1.165, 1.54) is 15.5 Å². The van der Waals surface area contributed by atoms with Crippen molar-refractivity contribution in [3.63, 3.8) is 0 Å². The van der Waals surface area contributed by atoms with E-state index in [9.17, 15) is 0 Å². The van der Waals surface area contributed by atoms with Crippen molar-refractivity contribution in [1.29, 1.82) is 0 Å². The SMILES string of the molecule is c1ccc(-c2nc(-c3ccccc3)nc(-c3cccc4oc5c(-c6cc(-c7cccc(-c8nc(-c9ccccc9)nc(-c9ccc(-c%10cccc%11oc%12c%13ccccc%13ccc%12c%10%11)c%10oc%11ccncc%11c9%10)n8)c7)cc7sc8c9ccccc9ccc8c67)cncc5c34)n2)cc1. The Morgan fingerprint density at radius 1 is 0.250 bits per heavy atom. The molecule has 96 heavy (non-hydrogen) atoms. The molecule has 8 aromatic heterocycles. The minimum absolute atomic E-state index is 0.491. The minimum Gasteiger partial charge on any atom is -0.455 e. The lowest BCUT2D eigenvalue weighted by Gasteiger charge is -2.13. The number of hydrogen-bond acceptors (Lipinski definition) is 12. The Morgan fingerprint density at radius 2 is 0.781 bits per heavy atom. The van der Waals surface area contributed by atoms with Crippen LogP contribution < -0.4 is 0 Å². The molecule has 0 aliphatic heterocycles. The van der Waals surface area contributed by atoms with Gasteiger partial charge in [0.2, 0.25) is 0 Å². The summed E-state index contributed by atoms with van der Waals surface area (Å²) in [4.78, 5) is 41.1. The van der Waals surface area contributed by atoms with Crippen LogP contribution in [-0.2, 0) is 0 Å². The number of fused-ring (bicyclic) bond motifs is 16. The van der Waals surface area contributed by atoms with Crippen LogP contribution in [0.5, 0.6) is 0 Å². The van der Waals surface area contributed by atoms with Crippen molar-refractivity contribution in [3.8, 4) is 102 Å². The summed E-state index contributed by atoms with van der Waals surface area (Å²) in [6.45, 7) is 0. The fourth-order valence-electron chi connectivity index (χ4n) is 14.1. The van der Waals surface area contributed by atoms with Gasteiger partial charge in [-0.15, -0.1) is 11.3 Å². The van der Waals surface area contributed by atoms with Gasteiger partial charge in [-0.2, -0.15) is 0 Å². The number of aromatic nitrogens is 8. The second-order valence-corrected chi connectivity index (χ2v) is 25.1. The summed E-state index contributed by atoms with van der Waals surface area (Å²) in [7, 11) is 0. The van der Waals surface area contributed by atoms with Crippen LogP contribution in [0.3, 0.4) is 0 Å². The molecule has 20 aromatic rings. The predicted octanol–water partition coefficient (Wildman–Crippen LogP) is 22.2. The monoisotopic (exact) mass is 1250 g/mol. The highest BCUT2D eigenvalue weighted by Crippen LogP contribution is 2.50. The molecule has 12 heteroatoms. The van der Waals surface area contributed by atoms with Gasteiger partial charge in [0.05, 0.1) is 0 Å². The standard InChI is InChI=1S/C84H46N8O3S/c1-4-19-49(20-5-1)79-87-80(50-21-6-2-7-22-50)90-83(89-79)61-30-16-32-69-72(61)66-46-86-44-64(76(66)95-69)63-42-54(43-70-73(63)60-36-34-48-18-11-13-28-56(48)78(60)96-70)52-25-14-26-53(41-52)82-88-81(51-23-8-3-9-24-51)91-84(92-82)62-38-37-58(77-74(62)65-45-85-40-39-67(65)93-77)57-29-15-31-68-71(57)59-35-33-47-17-10-12-27-55(47)75(59)94-68/h1-46H. The van der Waals surface area contributed by atoms with Gasteiger partial charge in [-0.1, -0.05) is 200 Å². The zero-order chi connectivity index (χ0) is 63.0. The molecular formula is C84H46N8O3S. The Balaban J connectivity index is 0.764. The van der Waals surface area contributed by atoms with E-state index in [1.54, 1.807) is 17.5 Å². The molecule has 0 amide bonds. The number of thiophene rings is 1. The van der Waals surface area contributed by atoms with Crippen LogP contribution in [0.2, 0.25) is 0 Å². The molecule has 0 N–H and O–H groups in total. The van der Waals surface area contributed by atoms with Gasteiger partial charge in [-0.3, -0.25) is 9.97 Å². The fourth-order valence-corrected chi connectivity index (χ4v) is 15.4. The maximum absolute atomic E-state index is 7.13. The Labute approximate surface area is 550 Å².